The van der Waals surface area contributed by atoms with Gasteiger partial charge in [0.2, 0.25) is 0 Å². The lowest BCUT2D eigenvalue weighted by Gasteiger charge is -2.28. The van der Waals surface area contributed by atoms with Gasteiger partial charge in [-0.1, -0.05) is 50.1 Å². The molecule has 1 aliphatic rings. The van der Waals surface area contributed by atoms with E-state index in [1.807, 2.05) is 42.5 Å². The zero-order valence-corrected chi connectivity index (χ0v) is 17.7. The number of benzene rings is 2. The van der Waals surface area contributed by atoms with Crippen LogP contribution in [0.4, 0.5) is 0 Å². The Morgan fingerprint density at radius 3 is 2.41 bits per heavy atom. The lowest BCUT2D eigenvalue weighted by atomic mass is 10.1. The normalized spacial score (nSPS) is 17.8. The molecule has 0 saturated carbocycles. The van der Waals surface area contributed by atoms with E-state index >= 15 is 0 Å². The minimum atomic E-state index is -3.08. The molecule has 1 atom stereocenters. The SMILES string of the molecule is CCCCCOc1ccc(C(=O)N(Cc2ccccc2)[C@@H]2CCS(=O)(=O)C2)cc1. The fourth-order valence-electron chi connectivity index (χ4n) is 3.57. The summed E-state index contributed by atoms with van der Waals surface area (Å²) in [5.41, 5.74) is 1.53. The summed E-state index contributed by atoms with van der Waals surface area (Å²) in [6.45, 7) is 3.22. The molecular weight excluding hydrogens is 386 g/mol. The van der Waals surface area contributed by atoms with Crippen LogP contribution in [0.5, 0.6) is 5.75 Å². The summed E-state index contributed by atoms with van der Waals surface area (Å²) < 4.78 is 29.7. The maximum Gasteiger partial charge on any atom is 0.254 e. The standard InChI is InChI=1S/C23H29NO4S/c1-2-3-7-15-28-22-12-10-20(11-13-22)23(25)24(17-19-8-5-4-6-9-19)21-14-16-29(26,27)18-21/h4-6,8-13,21H,2-3,7,14-18H2,1H3/t21-/m1/s1. The summed E-state index contributed by atoms with van der Waals surface area (Å²) in [6, 6.07) is 16.5. The Bertz CT molecular complexity index is 894. The lowest BCUT2D eigenvalue weighted by Crippen LogP contribution is -2.40. The molecule has 0 unspecified atom stereocenters. The van der Waals surface area contributed by atoms with Crippen molar-refractivity contribution in [3.8, 4) is 5.75 Å². The van der Waals surface area contributed by atoms with Crippen molar-refractivity contribution in [3.63, 3.8) is 0 Å². The first-order valence-electron chi connectivity index (χ1n) is 10.3. The van der Waals surface area contributed by atoms with E-state index in [4.69, 9.17) is 4.74 Å². The fourth-order valence-corrected chi connectivity index (χ4v) is 5.30. The first kappa shape index (κ1) is 21.4. The zero-order chi connectivity index (χ0) is 20.7. The third-order valence-corrected chi connectivity index (χ3v) is 6.97. The van der Waals surface area contributed by atoms with E-state index in [0.29, 0.717) is 25.1 Å². The van der Waals surface area contributed by atoms with Crippen LogP contribution in [0.15, 0.2) is 54.6 Å². The largest absolute Gasteiger partial charge is 0.494 e. The molecule has 3 rings (SSSR count). The number of amides is 1. The van der Waals surface area contributed by atoms with Crippen molar-refractivity contribution in [3.05, 3.63) is 65.7 Å². The molecule has 0 spiro atoms. The molecule has 29 heavy (non-hydrogen) atoms. The van der Waals surface area contributed by atoms with Crippen LogP contribution in [-0.2, 0) is 16.4 Å². The predicted molar refractivity (Wildman–Crippen MR) is 115 cm³/mol. The van der Waals surface area contributed by atoms with Crippen molar-refractivity contribution >= 4 is 15.7 Å². The summed E-state index contributed by atoms with van der Waals surface area (Å²) >= 11 is 0. The topological polar surface area (TPSA) is 63.7 Å². The molecular formula is C23H29NO4S. The van der Waals surface area contributed by atoms with E-state index in [2.05, 4.69) is 6.92 Å². The van der Waals surface area contributed by atoms with Crippen LogP contribution < -0.4 is 4.74 Å². The number of sulfone groups is 1. The van der Waals surface area contributed by atoms with E-state index in [-0.39, 0.29) is 23.5 Å². The molecule has 0 aromatic heterocycles. The third kappa shape index (κ3) is 6.07. The minimum absolute atomic E-state index is 0.0319. The van der Waals surface area contributed by atoms with Crippen molar-refractivity contribution in [2.24, 2.45) is 0 Å². The van der Waals surface area contributed by atoms with Crippen molar-refractivity contribution in [1.82, 2.24) is 4.90 Å². The highest BCUT2D eigenvalue weighted by Gasteiger charge is 2.35. The van der Waals surface area contributed by atoms with Gasteiger partial charge in [0.25, 0.3) is 5.91 Å². The van der Waals surface area contributed by atoms with E-state index < -0.39 is 9.84 Å². The van der Waals surface area contributed by atoms with Crippen LogP contribution in [0, 0.1) is 0 Å². The Hall–Kier alpha value is -2.34. The molecule has 1 heterocycles. The van der Waals surface area contributed by atoms with Gasteiger partial charge in [0.1, 0.15) is 5.75 Å². The second kappa shape index (κ2) is 9.92. The number of ether oxygens (including phenoxy) is 1. The Balaban J connectivity index is 1.73. The molecule has 0 aliphatic carbocycles. The second-order valence-electron chi connectivity index (χ2n) is 7.56. The highest BCUT2D eigenvalue weighted by molar-refractivity contribution is 7.91. The van der Waals surface area contributed by atoms with Crippen LogP contribution in [0.3, 0.4) is 0 Å². The quantitative estimate of drug-likeness (QED) is 0.579. The van der Waals surface area contributed by atoms with Crippen molar-refractivity contribution in [1.29, 1.82) is 0 Å². The lowest BCUT2D eigenvalue weighted by molar-refractivity contribution is 0.0681. The monoisotopic (exact) mass is 415 g/mol. The van der Waals surface area contributed by atoms with Gasteiger partial charge in [0, 0.05) is 18.2 Å². The predicted octanol–water partition coefficient (Wildman–Crippen LogP) is 4.09. The number of carbonyl (C=O) groups excluding carboxylic acids is 1. The third-order valence-electron chi connectivity index (χ3n) is 5.22. The maximum atomic E-state index is 13.2. The molecule has 156 valence electrons. The molecule has 1 aliphatic heterocycles. The van der Waals surface area contributed by atoms with E-state index in [0.717, 1.165) is 30.6 Å². The Morgan fingerprint density at radius 2 is 1.79 bits per heavy atom. The number of unbranched alkanes of at least 4 members (excludes halogenated alkanes) is 2. The van der Waals surface area contributed by atoms with Crippen molar-refractivity contribution in [2.75, 3.05) is 18.1 Å². The van der Waals surface area contributed by atoms with E-state index in [9.17, 15) is 13.2 Å². The van der Waals surface area contributed by atoms with Crippen LogP contribution in [0.2, 0.25) is 0 Å². The van der Waals surface area contributed by atoms with E-state index in [1.165, 1.54) is 0 Å². The molecule has 6 heteroatoms. The van der Waals surface area contributed by atoms with Gasteiger partial charge < -0.3 is 9.64 Å². The van der Waals surface area contributed by atoms with Gasteiger partial charge in [-0.3, -0.25) is 4.79 Å². The average Bonchev–Trinajstić information content (AvgIpc) is 3.09. The number of hydrogen-bond donors (Lipinski definition) is 0. The summed E-state index contributed by atoms with van der Waals surface area (Å²) in [7, 11) is -3.08. The summed E-state index contributed by atoms with van der Waals surface area (Å²) in [5.74, 6) is 0.773. The van der Waals surface area contributed by atoms with Crippen LogP contribution in [-0.4, -0.2) is 43.4 Å². The molecule has 1 fully saturated rings. The number of nitrogens with zero attached hydrogens (tertiary/aromatic N) is 1. The van der Waals surface area contributed by atoms with Crippen molar-refractivity contribution < 1.29 is 17.9 Å². The van der Waals surface area contributed by atoms with Crippen molar-refractivity contribution in [2.45, 2.75) is 45.2 Å². The summed E-state index contributed by atoms with van der Waals surface area (Å²) in [5, 5.41) is 0. The fraction of sp³-hybridized carbons (Fsp3) is 0.435. The van der Waals surface area contributed by atoms with Crippen LogP contribution in [0.1, 0.15) is 48.5 Å². The molecule has 2 aromatic carbocycles. The van der Waals surface area contributed by atoms with Gasteiger partial charge in [-0.15, -0.1) is 0 Å². The van der Waals surface area contributed by atoms with Gasteiger partial charge in [-0.25, -0.2) is 8.42 Å². The molecule has 0 bridgehead atoms. The van der Waals surface area contributed by atoms with Crippen LogP contribution >= 0.6 is 0 Å². The van der Waals surface area contributed by atoms with Gasteiger partial charge in [-0.05, 0) is 42.7 Å². The first-order chi connectivity index (χ1) is 14.0. The van der Waals surface area contributed by atoms with Gasteiger partial charge in [-0.2, -0.15) is 0 Å². The molecule has 5 nitrogen and oxygen atoms in total. The van der Waals surface area contributed by atoms with E-state index in [1.54, 1.807) is 17.0 Å². The molecule has 0 N–H and O–H groups in total. The zero-order valence-electron chi connectivity index (χ0n) is 16.9. The second-order valence-corrected chi connectivity index (χ2v) is 9.78. The average molecular weight is 416 g/mol. The minimum Gasteiger partial charge on any atom is -0.494 e. The molecule has 1 amide bonds. The van der Waals surface area contributed by atoms with Crippen LogP contribution in [0.25, 0.3) is 0 Å². The number of rotatable bonds is 9. The highest BCUT2D eigenvalue weighted by Crippen LogP contribution is 2.23. The summed E-state index contributed by atoms with van der Waals surface area (Å²) in [4.78, 5) is 15.0. The molecule has 0 radical (unpaired) electrons. The highest BCUT2D eigenvalue weighted by atomic mass is 32.2. The molecule has 2 aromatic rings. The maximum absolute atomic E-state index is 13.2. The smallest absolute Gasteiger partial charge is 0.254 e. The molecule has 1 saturated heterocycles. The summed E-state index contributed by atoms with van der Waals surface area (Å²) in [6.07, 6.45) is 3.78. The van der Waals surface area contributed by atoms with Gasteiger partial charge in [0.05, 0.1) is 18.1 Å². The Morgan fingerprint density at radius 1 is 1.07 bits per heavy atom. The first-order valence-corrected chi connectivity index (χ1v) is 12.1. The number of carbonyl (C=O) groups is 1. The Labute approximate surface area is 173 Å². The van der Waals surface area contributed by atoms with Gasteiger partial charge in [0.15, 0.2) is 9.84 Å². The Kier molecular flexibility index (Phi) is 7.31. The van der Waals surface area contributed by atoms with Gasteiger partial charge >= 0.3 is 0 Å². The number of hydrogen-bond acceptors (Lipinski definition) is 4.